The summed E-state index contributed by atoms with van der Waals surface area (Å²) in [5.41, 5.74) is 0.502. The number of hydrogen-bond donors (Lipinski definition) is 1. The highest BCUT2D eigenvalue weighted by Gasteiger charge is 2.15. The first-order valence-corrected chi connectivity index (χ1v) is 6.84. The topological polar surface area (TPSA) is 21.3 Å². The predicted octanol–water partition coefficient (Wildman–Crippen LogP) is 3.82. The van der Waals surface area contributed by atoms with E-state index in [1.165, 1.54) is 12.1 Å². The maximum atomic E-state index is 13.8. The highest BCUT2D eigenvalue weighted by Crippen LogP contribution is 2.21. The van der Waals surface area contributed by atoms with Crippen molar-refractivity contribution in [2.75, 3.05) is 13.2 Å². The van der Waals surface area contributed by atoms with Crippen molar-refractivity contribution < 1.29 is 13.5 Å². The minimum absolute atomic E-state index is 0.140. The number of halogens is 2. The Balaban J connectivity index is 2.71. The molecule has 0 saturated carbocycles. The van der Waals surface area contributed by atoms with Crippen molar-refractivity contribution in [1.82, 2.24) is 5.32 Å². The van der Waals surface area contributed by atoms with E-state index in [-0.39, 0.29) is 12.1 Å². The second-order valence-corrected chi connectivity index (χ2v) is 4.88. The molecule has 0 bridgehead atoms. The van der Waals surface area contributed by atoms with E-state index in [4.69, 9.17) is 4.74 Å². The van der Waals surface area contributed by atoms with E-state index in [1.54, 1.807) is 0 Å². The average Bonchev–Trinajstić information content (AvgIpc) is 2.34. The number of ether oxygens (including phenoxy) is 1. The fraction of sp³-hybridized carbons (Fsp3) is 0.600. The molecule has 0 saturated heterocycles. The maximum Gasteiger partial charge on any atom is 0.130 e. The van der Waals surface area contributed by atoms with Crippen molar-refractivity contribution in [3.05, 3.63) is 35.4 Å². The summed E-state index contributed by atoms with van der Waals surface area (Å²) in [7, 11) is 0. The van der Waals surface area contributed by atoms with Gasteiger partial charge in [0, 0.05) is 24.3 Å². The van der Waals surface area contributed by atoms with Gasteiger partial charge in [-0.2, -0.15) is 0 Å². The minimum atomic E-state index is -0.547. The van der Waals surface area contributed by atoms with Gasteiger partial charge in [0.25, 0.3) is 0 Å². The van der Waals surface area contributed by atoms with Crippen LogP contribution in [-0.2, 0) is 4.74 Å². The Morgan fingerprint density at radius 2 is 2.00 bits per heavy atom. The van der Waals surface area contributed by atoms with Gasteiger partial charge in [-0.1, -0.05) is 13.0 Å². The normalized spacial score (nSPS) is 12.9. The van der Waals surface area contributed by atoms with Crippen LogP contribution in [0.2, 0.25) is 0 Å². The van der Waals surface area contributed by atoms with Crippen LogP contribution in [0.15, 0.2) is 18.2 Å². The van der Waals surface area contributed by atoms with Gasteiger partial charge in [-0.05, 0) is 39.3 Å². The summed E-state index contributed by atoms with van der Waals surface area (Å²) in [6.07, 6.45) is 1.79. The van der Waals surface area contributed by atoms with Crippen LogP contribution < -0.4 is 5.32 Å². The van der Waals surface area contributed by atoms with Crippen LogP contribution in [0, 0.1) is 11.6 Å². The molecule has 1 unspecified atom stereocenters. The average molecular weight is 271 g/mol. The summed E-state index contributed by atoms with van der Waals surface area (Å²) in [5, 5.41) is 3.28. The zero-order valence-electron chi connectivity index (χ0n) is 11.9. The molecule has 0 aliphatic heterocycles. The molecule has 1 rings (SSSR count). The van der Waals surface area contributed by atoms with Crippen LogP contribution in [0.25, 0.3) is 0 Å². The van der Waals surface area contributed by atoms with Gasteiger partial charge >= 0.3 is 0 Å². The summed E-state index contributed by atoms with van der Waals surface area (Å²) < 4.78 is 32.2. The smallest absolute Gasteiger partial charge is 0.130 e. The zero-order chi connectivity index (χ0) is 14.3. The number of benzene rings is 1. The maximum absolute atomic E-state index is 13.8. The van der Waals surface area contributed by atoms with Gasteiger partial charge in [-0.25, -0.2) is 8.78 Å². The summed E-state index contributed by atoms with van der Waals surface area (Å²) in [4.78, 5) is 0. The lowest BCUT2D eigenvalue weighted by atomic mass is 10.0. The number of nitrogens with one attached hydrogen (secondary N) is 1. The zero-order valence-corrected chi connectivity index (χ0v) is 11.9. The molecule has 0 radical (unpaired) electrons. The van der Waals surface area contributed by atoms with Crippen molar-refractivity contribution in [2.24, 2.45) is 0 Å². The monoisotopic (exact) mass is 271 g/mol. The fourth-order valence-corrected chi connectivity index (χ4v) is 1.89. The van der Waals surface area contributed by atoms with Gasteiger partial charge in [0.15, 0.2) is 0 Å². The molecule has 0 fully saturated rings. The van der Waals surface area contributed by atoms with Crippen LogP contribution >= 0.6 is 0 Å². The molecule has 0 aromatic heterocycles. The molecule has 1 atom stereocenters. The first-order valence-electron chi connectivity index (χ1n) is 6.84. The van der Waals surface area contributed by atoms with Gasteiger partial charge in [0.1, 0.15) is 11.6 Å². The highest BCUT2D eigenvalue weighted by molar-refractivity contribution is 5.22. The molecule has 4 heteroatoms. The molecular weight excluding hydrogens is 248 g/mol. The standard InChI is InChI=1S/C15H23F2NO/c1-4-8-18-15(7-9-19-11(2)3)13-6-5-12(16)10-14(13)17/h5-6,10-11,15,18H,4,7-9H2,1-3H3. The third-order valence-electron chi connectivity index (χ3n) is 2.84. The Kier molecular flexibility index (Phi) is 6.95. The molecule has 0 aliphatic rings. The summed E-state index contributed by atoms with van der Waals surface area (Å²) in [6, 6.07) is 3.59. The predicted molar refractivity (Wildman–Crippen MR) is 73.1 cm³/mol. The van der Waals surface area contributed by atoms with E-state index >= 15 is 0 Å². The molecule has 0 spiro atoms. The fourth-order valence-electron chi connectivity index (χ4n) is 1.89. The second-order valence-electron chi connectivity index (χ2n) is 4.88. The van der Waals surface area contributed by atoms with Gasteiger partial charge in [0.05, 0.1) is 6.10 Å². The highest BCUT2D eigenvalue weighted by atomic mass is 19.1. The van der Waals surface area contributed by atoms with Gasteiger partial charge in [0.2, 0.25) is 0 Å². The molecule has 1 N–H and O–H groups in total. The molecule has 1 aromatic rings. The SMILES string of the molecule is CCCNC(CCOC(C)C)c1ccc(F)cc1F. The van der Waals surface area contributed by atoms with E-state index in [0.717, 1.165) is 19.0 Å². The van der Waals surface area contributed by atoms with Crippen LogP contribution in [0.4, 0.5) is 8.78 Å². The van der Waals surface area contributed by atoms with Crippen molar-refractivity contribution >= 4 is 0 Å². The Morgan fingerprint density at radius 3 is 2.58 bits per heavy atom. The van der Waals surface area contributed by atoms with Crippen LogP contribution in [-0.4, -0.2) is 19.3 Å². The van der Waals surface area contributed by atoms with Crippen molar-refractivity contribution in [2.45, 2.75) is 45.8 Å². The molecule has 0 heterocycles. The second kappa shape index (κ2) is 8.23. The molecule has 0 aliphatic carbocycles. The Labute approximate surface area is 114 Å². The number of rotatable bonds is 8. The van der Waals surface area contributed by atoms with E-state index in [2.05, 4.69) is 12.2 Å². The van der Waals surface area contributed by atoms with Crippen LogP contribution in [0.5, 0.6) is 0 Å². The van der Waals surface area contributed by atoms with Gasteiger partial charge in [-0.15, -0.1) is 0 Å². The van der Waals surface area contributed by atoms with Crippen LogP contribution in [0.3, 0.4) is 0 Å². The Bertz CT molecular complexity index is 382. The minimum Gasteiger partial charge on any atom is -0.379 e. The van der Waals surface area contributed by atoms with Crippen LogP contribution in [0.1, 0.15) is 45.2 Å². The third kappa shape index (κ3) is 5.66. The van der Waals surface area contributed by atoms with Crippen molar-refractivity contribution in [3.63, 3.8) is 0 Å². The molecule has 1 aromatic carbocycles. The molecular formula is C15H23F2NO. The van der Waals surface area contributed by atoms with E-state index in [0.29, 0.717) is 18.6 Å². The first kappa shape index (κ1) is 16.1. The van der Waals surface area contributed by atoms with E-state index in [1.807, 2.05) is 13.8 Å². The quantitative estimate of drug-likeness (QED) is 0.776. The summed E-state index contributed by atoms with van der Waals surface area (Å²) in [6.45, 7) is 7.33. The van der Waals surface area contributed by atoms with Gasteiger partial charge in [-0.3, -0.25) is 0 Å². The molecule has 0 amide bonds. The lowest BCUT2D eigenvalue weighted by Crippen LogP contribution is -2.25. The lowest BCUT2D eigenvalue weighted by Gasteiger charge is -2.20. The largest absolute Gasteiger partial charge is 0.379 e. The lowest BCUT2D eigenvalue weighted by molar-refractivity contribution is 0.0712. The molecule has 19 heavy (non-hydrogen) atoms. The Hall–Kier alpha value is -1.00. The Morgan fingerprint density at radius 1 is 1.26 bits per heavy atom. The number of hydrogen-bond acceptors (Lipinski definition) is 2. The molecule has 108 valence electrons. The summed E-state index contributed by atoms with van der Waals surface area (Å²) in [5.74, 6) is -1.05. The van der Waals surface area contributed by atoms with Gasteiger partial charge < -0.3 is 10.1 Å². The van der Waals surface area contributed by atoms with E-state index in [9.17, 15) is 8.78 Å². The van der Waals surface area contributed by atoms with E-state index < -0.39 is 11.6 Å². The summed E-state index contributed by atoms with van der Waals surface area (Å²) >= 11 is 0. The third-order valence-corrected chi connectivity index (χ3v) is 2.84. The van der Waals surface area contributed by atoms with Crippen molar-refractivity contribution in [1.29, 1.82) is 0 Å². The first-order chi connectivity index (χ1) is 9.04. The van der Waals surface area contributed by atoms with Crippen molar-refractivity contribution in [3.8, 4) is 0 Å². The molecule has 2 nitrogen and oxygen atoms in total.